The fourth-order valence-corrected chi connectivity index (χ4v) is 5.19. The number of allylic oxidation sites excluding steroid dienone is 2. The van der Waals surface area contributed by atoms with E-state index >= 15 is 0 Å². The molecule has 1 aliphatic heterocycles. The maximum absolute atomic E-state index is 6.01. The Morgan fingerprint density at radius 1 is 0.708 bits per heavy atom. The van der Waals surface area contributed by atoms with Crippen LogP contribution in [0.4, 0.5) is 0 Å². The van der Waals surface area contributed by atoms with Gasteiger partial charge in [-0.25, -0.2) is 0 Å². The van der Waals surface area contributed by atoms with Gasteiger partial charge in [0.25, 0.3) is 0 Å². The van der Waals surface area contributed by atoms with Crippen molar-refractivity contribution in [3.05, 3.63) is 23.8 Å². The van der Waals surface area contributed by atoms with Gasteiger partial charge in [0.15, 0.2) is 6.29 Å². The van der Waals surface area contributed by atoms with Gasteiger partial charge in [-0.05, 0) is 76.0 Å². The SMILES string of the molecule is C/C=C/[C@H]1CO[C@H](C2CCC([C@H]3CC[C@H](/C=C/Cl)CC3)CC2)OC1. The first-order valence-electron chi connectivity index (χ1n) is 9.93. The van der Waals surface area contributed by atoms with Gasteiger partial charge in [0.2, 0.25) is 0 Å². The number of hydrogen-bond donors (Lipinski definition) is 0. The Morgan fingerprint density at radius 2 is 1.25 bits per heavy atom. The van der Waals surface area contributed by atoms with Crippen molar-refractivity contribution in [2.24, 2.45) is 29.6 Å². The van der Waals surface area contributed by atoms with Crippen LogP contribution in [0.5, 0.6) is 0 Å². The highest BCUT2D eigenvalue weighted by atomic mass is 35.5. The zero-order valence-electron chi connectivity index (χ0n) is 15.0. The van der Waals surface area contributed by atoms with E-state index in [0.717, 1.165) is 31.0 Å². The van der Waals surface area contributed by atoms with Crippen LogP contribution in [0.15, 0.2) is 23.8 Å². The predicted octanol–water partition coefficient (Wildman–Crippen LogP) is 5.92. The molecule has 2 nitrogen and oxygen atoms in total. The van der Waals surface area contributed by atoms with Crippen molar-refractivity contribution in [1.82, 2.24) is 0 Å². The van der Waals surface area contributed by atoms with Gasteiger partial charge >= 0.3 is 0 Å². The summed E-state index contributed by atoms with van der Waals surface area (Å²) in [7, 11) is 0. The quantitative estimate of drug-likeness (QED) is 0.585. The lowest BCUT2D eigenvalue weighted by Crippen LogP contribution is -2.38. The second kappa shape index (κ2) is 9.40. The Labute approximate surface area is 152 Å². The monoisotopic (exact) mass is 352 g/mol. The molecule has 0 bridgehead atoms. The van der Waals surface area contributed by atoms with Crippen molar-refractivity contribution in [3.63, 3.8) is 0 Å². The average Bonchev–Trinajstić information content (AvgIpc) is 2.64. The summed E-state index contributed by atoms with van der Waals surface area (Å²) in [5.74, 6) is 3.66. The topological polar surface area (TPSA) is 18.5 Å². The van der Waals surface area contributed by atoms with E-state index in [-0.39, 0.29) is 6.29 Å². The van der Waals surface area contributed by atoms with Crippen molar-refractivity contribution in [2.75, 3.05) is 13.2 Å². The molecule has 0 spiro atoms. The first kappa shape index (κ1) is 18.5. The summed E-state index contributed by atoms with van der Waals surface area (Å²) in [6, 6.07) is 0. The molecule has 0 aromatic heterocycles. The maximum atomic E-state index is 6.01. The Kier molecular flexibility index (Phi) is 7.24. The minimum absolute atomic E-state index is 0.0528. The van der Waals surface area contributed by atoms with Gasteiger partial charge in [-0.15, -0.1) is 0 Å². The second-order valence-electron chi connectivity index (χ2n) is 7.99. The number of rotatable bonds is 4. The summed E-state index contributed by atoms with van der Waals surface area (Å²) in [6.45, 7) is 3.72. The van der Waals surface area contributed by atoms with E-state index < -0.39 is 0 Å². The van der Waals surface area contributed by atoms with Crippen LogP contribution in [0.25, 0.3) is 0 Å². The second-order valence-corrected chi connectivity index (χ2v) is 8.24. The van der Waals surface area contributed by atoms with E-state index in [4.69, 9.17) is 21.1 Å². The molecule has 0 unspecified atom stereocenters. The van der Waals surface area contributed by atoms with Crippen LogP contribution in [-0.2, 0) is 9.47 Å². The molecule has 0 N–H and O–H groups in total. The molecular weight excluding hydrogens is 320 g/mol. The summed E-state index contributed by atoms with van der Waals surface area (Å²) in [5, 5.41) is 0. The van der Waals surface area contributed by atoms with Gasteiger partial charge in [-0.1, -0.05) is 29.8 Å². The summed E-state index contributed by atoms with van der Waals surface area (Å²) in [5.41, 5.74) is 1.71. The minimum atomic E-state index is 0.0528. The molecular formula is C21H33ClO2. The van der Waals surface area contributed by atoms with E-state index in [0.29, 0.717) is 11.8 Å². The van der Waals surface area contributed by atoms with Crippen LogP contribution < -0.4 is 0 Å². The third-order valence-corrected chi connectivity index (χ3v) is 6.59. The highest BCUT2D eigenvalue weighted by Crippen LogP contribution is 2.43. The van der Waals surface area contributed by atoms with Crippen LogP contribution in [0.2, 0.25) is 0 Å². The van der Waals surface area contributed by atoms with E-state index in [1.54, 1.807) is 5.54 Å². The van der Waals surface area contributed by atoms with Gasteiger partial charge in [0.1, 0.15) is 0 Å². The van der Waals surface area contributed by atoms with E-state index in [2.05, 4.69) is 25.2 Å². The summed E-state index contributed by atoms with van der Waals surface area (Å²) in [4.78, 5) is 0. The molecule has 3 heteroatoms. The van der Waals surface area contributed by atoms with Gasteiger partial charge in [0, 0.05) is 17.4 Å². The van der Waals surface area contributed by atoms with E-state index in [9.17, 15) is 0 Å². The van der Waals surface area contributed by atoms with Crippen molar-refractivity contribution in [1.29, 1.82) is 0 Å². The van der Waals surface area contributed by atoms with Crippen molar-refractivity contribution < 1.29 is 9.47 Å². The molecule has 0 amide bonds. The molecule has 2 saturated carbocycles. The van der Waals surface area contributed by atoms with Gasteiger partial charge < -0.3 is 9.47 Å². The molecule has 1 heterocycles. The third kappa shape index (κ3) is 4.86. The average molecular weight is 353 g/mol. The van der Waals surface area contributed by atoms with Gasteiger partial charge in [-0.3, -0.25) is 0 Å². The third-order valence-electron chi connectivity index (χ3n) is 6.44. The Bertz CT molecular complexity index is 370. The van der Waals surface area contributed by atoms with Crippen LogP contribution in [0.3, 0.4) is 0 Å². The van der Waals surface area contributed by atoms with Crippen molar-refractivity contribution in [3.8, 4) is 0 Å². The number of hydrogen-bond acceptors (Lipinski definition) is 2. The molecule has 24 heavy (non-hydrogen) atoms. The molecule has 3 aliphatic rings. The van der Waals surface area contributed by atoms with E-state index in [1.165, 1.54) is 51.4 Å². The Balaban J connectivity index is 1.39. The number of ether oxygens (including phenoxy) is 2. The first-order chi connectivity index (χ1) is 11.8. The Morgan fingerprint density at radius 3 is 1.79 bits per heavy atom. The van der Waals surface area contributed by atoms with Gasteiger partial charge in [0.05, 0.1) is 13.2 Å². The molecule has 0 atom stereocenters. The highest BCUT2D eigenvalue weighted by Gasteiger charge is 2.35. The number of halogens is 1. The Hall–Kier alpha value is -0.310. The normalized spacial score (nSPS) is 41.9. The zero-order chi connectivity index (χ0) is 16.8. The molecule has 0 aromatic rings. The largest absolute Gasteiger partial charge is 0.352 e. The molecule has 2 aliphatic carbocycles. The van der Waals surface area contributed by atoms with Crippen LogP contribution in [0.1, 0.15) is 58.3 Å². The van der Waals surface area contributed by atoms with Crippen LogP contribution in [0, 0.1) is 29.6 Å². The maximum Gasteiger partial charge on any atom is 0.160 e. The molecule has 0 aromatic carbocycles. The van der Waals surface area contributed by atoms with E-state index in [1.807, 2.05) is 0 Å². The smallest absolute Gasteiger partial charge is 0.160 e. The molecule has 136 valence electrons. The summed E-state index contributed by atoms with van der Waals surface area (Å²) < 4.78 is 12.0. The minimum Gasteiger partial charge on any atom is -0.352 e. The van der Waals surface area contributed by atoms with Crippen molar-refractivity contribution >= 4 is 11.6 Å². The zero-order valence-corrected chi connectivity index (χ0v) is 15.8. The fraction of sp³-hybridized carbons (Fsp3) is 0.810. The molecule has 1 saturated heterocycles. The highest BCUT2D eigenvalue weighted by molar-refractivity contribution is 6.25. The molecule has 3 rings (SSSR count). The van der Waals surface area contributed by atoms with Crippen LogP contribution >= 0.6 is 11.6 Å². The predicted molar refractivity (Wildman–Crippen MR) is 99.9 cm³/mol. The van der Waals surface area contributed by atoms with Gasteiger partial charge in [-0.2, -0.15) is 0 Å². The van der Waals surface area contributed by atoms with Crippen LogP contribution in [-0.4, -0.2) is 19.5 Å². The van der Waals surface area contributed by atoms with Crippen molar-refractivity contribution in [2.45, 2.75) is 64.6 Å². The lowest BCUT2D eigenvalue weighted by molar-refractivity contribution is -0.223. The molecule has 3 fully saturated rings. The molecule has 0 radical (unpaired) electrons. The standard InChI is InChI=1S/C21H33ClO2/c1-2-3-17-14-23-21(24-15-17)20-10-8-19(9-11-20)18-6-4-16(5-7-18)12-13-22/h2-3,12-13,16-21H,4-11,14-15H2,1H3/b3-2+,13-12+/t16-,17-,18-,19?,20?,21-. The summed E-state index contributed by atoms with van der Waals surface area (Å²) >= 11 is 5.73. The fourth-order valence-electron chi connectivity index (χ4n) is 4.99. The summed E-state index contributed by atoms with van der Waals surface area (Å²) in [6.07, 6.45) is 17.3. The first-order valence-corrected chi connectivity index (χ1v) is 10.4. The lowest BCUT2D eigenvalue weighted by Gasteiger charge is -2.40. The lowest BCUT2D eigenvalue weighted by atomic mass is 9.69.